The molecular weight excluding hydrogens is 220 g/mol. The van der Waals surface area contributed by atoms with Crippen LogP contribution in [-0.2, 0) is 6.54 Å². The molecule has 5 heteroatoms. The van der Waals surface area contributed by atoms with Crippen LogP contribution < -0.4 is 5.32 Å². The molecule has 1 atom stereocenters. The van der Waals surface area contributed by atoms with Gasteiger partial charge in [-0.05, 0) is 14.1 Å². The summed E-state index contributed by atoms with van der Waals surface area (Å²) in [4.78, 5) is 10.2. The zero-order valence-electron chi connectivity index (χ0n) is 10.0. The van der Waals surface area contributed by atoms with E-state index >= 15 is 0 Å². The third-order valence-electron chi connectivity index (χ3n) is 3.14. The van der Waals surface area contributed by atoms with Gasteiger partial charge in [-0.15, -0.1) is 11.3 Å². The second kappa shape index (κ2) is 5.72. The van der Waals surface area contributed by atoms with E-state index in [9.17, 15) is 0 Å². The first-order chi connectivity index (χ1) is 7.75. The van der Waals surface area contributed by atoms with E-state index in [1.54, 1.807) is 11.3 Å². The lowest BCUT2D eigenvalue weighted by atomic mass is 10.2. The molecule has 0 amide bonds. The molecule has 0 aliphatic carbocycles. The highest BCUT2D eigenvalue weighted by Crippen LogP contribution is 2.07. The minimum atomic E-state index is 0.631. The molecule has 1 saturated heterocycles. The van der Waals surface area contributed by atoms with Gasteiger partial charge in [-0.3, -0.25) is 9.88 Å². The molecule has 0 saturated carbocycles. The maximum Gasteiger partial charge on any atom is 0.0794 e. The van der Waals surface area contributed by atoms with Gasteiger partial charge in [-0.2, -0.15) is 0 Å². The Morgan fingerprint density at radius 1 is 1.50 bits per heavy atom. The van der Waals surface area contributed by atoms with Crippen LogP contribution in [0.2, 0.25) is 0 Å². The Kier molecular flexibility index (Phi) is 4.29. The molecular formula is C11H20N4S. The fraction of sp³-hybridized carbons (Fsp3) is 0.727. The number of rotatable bonds is 4. The monoisotopic (exact) mass is 240 g/mol. The van der Waals surface area contributed by atoms with E-state index in [1.165, 1.54) is 18.0 Å². The summed E-state index contributed by atoms with van der Waals surface area (Å²) in [5, 5.41) is 3.51. The molecule has 0 bridgehead atoms. The molecule has 2 heterocycles. The first kappa shape index (κ1) is 12.0. The van der Waals surface area contributed by atoms with Gasteiger partial charge in [0.15, 0.2) is 0 Å². The quantitative estimate of drug-likeness (QED) is 0.829. The van der Waals surface area contributed by atoms with Crippen molar-refractivity contribution in [1.29, 1.82) is 0 Å². The fourth-order valence-corrected chi connectivity index (χ4v) is 2.58. The molecule has 2 rings (SSSR count). The molecule has 1 aliphatic heterocycles. The van der Waals surface area contributed by atoms with Crippen LogP contribution in [0.25, 0.3) is 0 Å². The lowest BCUT2D eigenvalue weighted by Gasteiger charge is -2.37. The average Bonchev–Trinajstić information content (AvgIpc) is 2.76. The highest BCUT2D eigenvalue weighted by atomic mass is 32.1. The normalized spacial score (nSPS) is 23.8. The number of nitrogens with zero attached hydrogens (tertiary/aromatic N) is 3. The maximum absolute atomic E-state index is 4.07. The summed E-state index contributed by atoms with van der Waals surface area (Å²) in [5.74, 6) is 0. The van der Waals surface area contributed by atoms with Crippen LogP contribution in [0.5, 0.6) is 0 Å². The van der Waals surface area contributed by atoms with Gasteiger partial charge in [0, 0.05) is 49.8 Å². The zero-order chi connectivity index (χ0) is 11.4. The van der Waals surface area contributed by atoms with Gasteiger partial charge >= 0.3 is 0 Å². The second-order valence-corrected chi connectivity index (χ2v) is 5.47. The van der Waals surface area contributed by atoms with Gasteiger partial charge in [0.05, 0.1) is 5.51 Å². The molecule has 0 radical (unpaired) electrons. The summed E-state index contributed by atoms with van der Waals surface area (Å²) in [6, 6.07) is 0.631. The third kappa shape index (κ3) is 3.25. The summed E-state index contributed by atoms with van der Waals surface area (Å²) in [6.45, 7) is 5.51. The Morgan fingerprint density at radius 3 is 3.12 bits per heavy atom. The molecule has 1 aromatic heterocycles. The first-order valence-electron chi connectivity index (χ1n) is 5.72. The molecule has 90 valence electrons. The second-order valence-electron chi connectivity index (χ2n) is 4.50. The Hall–Kier alpha value is -0.490. The van der Waals surface area contributed by atoms with Gasteiger partial charge in [0.1, 0.15) is 0 Å². The maximum atomic E-state index is 4.07. The van der Waals surface area contributed by atoms with Crippen LogP contribution in [0.1, 0.15) is 4.88 Å². The van der Waals surface area contributed by atoms with E-state index in [4.69, 9.17) is 0 Å². The Morgan fingerprint density at radius 2 is 2.38 bits per heavy atom. The standard InChI is InChI=1S/C11H20N4S/c1-14-3-4-15(2)10(8-14)5-12-6-11-7-13-9-16-11/h7,9-10,12H,3-6,8H2,1-2H3. The largest absolute Gasteiger partial charge is 0.310 e. The predicted molar refractivity (Wildman–Crippen MR) is 67.7 cm³/mol. The van der Waals surface area contributed by atoms with Gasteiger partial charge in [0.25, 0.3) is 0 Å². The van der Waals surface area contributed by atoms with Crippen molar-refractivity contribution in [3.05, 3.63) is 16.6 Å². The topological polar surface area (TPSA) is 31.4 Å². The van der Waals surface area contributed by atoms with Crippen molar-refractivity contribution in [3.8, 4) is 0 Å². The number of nitrogens with one attached hydrogen (secondary N) is 1. The summed E-state index contributed by atoms with van der Waals surface area (Å²) in [5.41, 5.74) is 1.89. The minimum Gasteiger partial charge on any atom is -0.310 e. The zero-order valence-corrected chi connectivity index (χ0v) is 10.8. The lowest BCUT2D eigenvalue weighted by Crippen LogP contribution is -2.53. The van der Waals surface area contributed by atoms with Crippen molar-refractivity contribution in [2.45, 2.75) is 12.6 Å². The van der Waals surface area contributed by atoms with E-state index in [0.29, 0.717) is 6.04 Å². The number of piperazine rings is 1. The van der Waals surface area contributed by atoms with Crippen molar-refractivity contribution in [2.75, 3.05) is 40.3 Å². The molecule has 1 unspecified atom stereocenters. The number of aromatic nitrogens is 1. The molecule has 16 heavy (non-hydrogen) atoms. The van der Waals surface area contributed by atoms with Crippen LogP contribution >= 0.6 is 11.3 Å². The van der Waals surface area contributed by atoms with Gasteiger partial charge in [-0.25, -0.2) is 0 Å². The van der Waals surface area contributed by atoms with Crippen molar-refractivity contribution >= 4 is 11.3 Å². The molecule has 1 aliphatic rings. The SMILES string of the molecule is CN1CCN(C)C(CNCc2cncs2)C1. The Balaban J connectivity index is 1.72. The van der Waals surface area contributed by atoms with Crippen LogP contribution in [0.15, 0.2) is 11.7 Å². The van der Waals surface area contributed by atoms with Crippen LogP contribution in [-0.4, -0.2) is 61.1 Å². The molecule has 4 nitrogen and oxygen atoms in total. The van der Waals surface area contributed by atoms with Crippen LogP contribution in [0.4, 0.5) is 0 Å². The Labute approximate surface area is 101 Å². The summed E-state index contributed by atoms with van der Waals surface area (Å²) < 4.78 is 0. The van der Waals surface area contributed by atoms with Gasteiger partial charge in [-0.1, -0.05) is 0 Å². The van der Waals surface area contributed by atoms with Crippen LogP contribution in [0.3, 0.4) is 0 Å². The fourth-order valence-electron chi connectivity index (χ4n) is 2.01. The van der Waals surface area contributed by atoms with Gasteiger partial charge < -0.3 is 10.2 Å². The minimum absolute atomic E-state index is 0.631. The molecule has 0 aromatic carbocycles. The molecule has 0 spiro atoms. The smallest absolute Gasteiger partial charge is 0.0794 e. The number of thiazole rings is 1. The van der Waals surface area contributed by atoms with Crippen LogP contribution in [0, 0.1) is 0 Å². The lowest BCUT2D eigenvalue weighted by molar-refractivity contribution is 0.113. The average molecular weight is 240 g/mol. The van der Waals surface area contributed by atoms with Gasteiger partial charge in [0.2, 0.25) is 0 Å². The highest BCUT2D eigenvalue weighted by Gasteiger charge is 2.21. The van der Waals surface area contributed by atoms with Crippen molar-refractivity contribution in [3.63, 3.8) is 0 Å². The Bertz CT molecular complexity index is 301. The summed E-state index contributed by atoms with van der Waals surface area (Å²) in [6.07, 6.45) is 1.94. The number of likely N-dealkylation sites (N-methyl/N-ethyl adjacent to an activating group) is 2. The molecule has 1 N–H and O–H groups in total. The number of hydrogen-bond acceptors (Lipinski definition) is 5. The highest BCUT2D eigenvalue weighted by molar-refractivity contribution is 7.09. The summed E-state index contributed by atoms with van der Waals surface area (Å²) in [7, 11) is 4.41. The number of hydrogen-bond donors (Lipinski definition) is 1. The summed E-state index contributed by atoms with van der Waals surface area (Å²) >= 11 is 1.71. The van der Waals surface area contributed by atoms with Crippen molar-refractivity contribution in [1.82, 2.24) is 20.1 Å². The molecule has 1 fully saturated rings. The van der Waals surface area contributed by atoms with Crippen molar-refractivity contribution < 1.29 is 0 Å². The van der Waals surface area contributed by atoms with E-state index in [1.807, 2.05) is 11.7 Å². The predicted octanol–water partition coefficient (Wildman–Crippen LogP) is 0.478. The first-order valence-corrected chi connectivity index (χ1v) is 6.60. The van der Waals surface area contributed by atoms with E-state index < -0.39 is 0 Å². The van der Waals surface area contributed by atoms with Crippen molar-refractivity contribution in [2.24, 2.45) is 0 Å². The van der Waals surface area contributed by atoms with E-state index in [2.05, 4.69) is 34.2 Å². The van der Waals surface area contributed by atoms with E-state index in [-0.39, 0.29) is 0 Å². The van der Waals surface area contributed by atoms with E-state index in [0.717, 1.165) is 19.6 Å². The molecule has 1 aromatic rings. The third-order valence-corrected chi connectivity index (χ3v) is 3.92.